The Labute approximate surface area is 158 Å². The summed E-state index contributed by atoms with van der Waals surface area (Å²) in [6, 6.07) is 11.6. The van der Waals surface area contributed by atoms with Crippen molar-refractivity contribution >= 4 is 39.6 Å². The molecule has 0 bridgehead atoms. The van der Waals surface area contributed by atoms with Gasteiger partial charge in [0.05, 0.1) is 5.69 Å². The lowest BCUT2D eigenvalue weighted by atomic mass is 10.1. The zero-order valence-corrected chi connectivity index (χ0v) is 15.8. The van der Waals surface area contributed by atoms with Gasteiger partial charge in [0.15, 0.2) is 0 Å². The summed E-state index contributed by atoms with van der Waals surface area (Å²) in [5.74, 6) is 1.37. The first-order valence-electron chi connectivity index (χ1n) is 8.39. The van der Waals surface area contributed by atoms with Crippen molar-refractivity contribution in [2.75, 3.05) is 37.6 Å². The van der Waals surface area contributed by atoms with E-state index < -0.39 is 0 Å². The highest BCUT2D eigenvalue weighted by atomic mass is 35.5. The molecule has 0 atom stereocenters. The van der Waals surface area contributed by atoms with Gasteiger partial charge in [-0.1, -0.05) is 6.92 Å². The highest BCUT2D eigenvalue weighted by molar-refractivity contribution is 7.17. The molecule has 4 rings (SSSR count). The minimum atomic E-state index is 0. The summed E-state index contributed by atoms with van der Waals surface area (Å²) in [4.78, 5) is 9.87. The summed E-state index contributed by atoms with van der Waals surface area (Å²) in [5.41, 5.74) is 2.01. The number of hydrogen-bond donors (Lipinski definition) is 1. The lowest BCUT2D eigenvalue weighted by molar-refractivity contribution is 0.271. The third-order valence-electron chi connectivity index (χ3n) is 4.71. The Morgan fingerprint density at radius 3 is 2.48 bits per heavy atom. The van der Waals surface area contributed by atoms with Crippen LogP contribution in [-0.4, -0.2) is 47.7 Å². The van der Waals surface area contributed by atoms with Gasteiger partial charge in [-0.3, -0.25) is 0 Å². The minimum Gasteiger partial charge on any atom is -0.508 e. The molecule has 0 amide bonds. The fourth-order valence-electron chi connectivity index (χ4n) is 3.25. The van der Waals surface area contributed by atoms with E-state index in [2.05, 4.69) is 34.2 Å². The van der Waals surface area contributed by atoms with E-state index in [0.717, 1.165) is 49.8 Å². The Balaban J connectivity index is 0.00000182. The van der Waals surface area contributed by atoms with Crippen LogP contribution in [0.1, 0.15) is 6.92 Å². The fourth-order valence-corrected chi connectivity index (χ4v) is 4.06. The third kappa shape index (κ3) is 3.59. The SMILES string of the molecule is CCN1CCN(c2nc(-c3ccc(O)cc3)cc3sccc23)CC1.Cl. The van der Waals surface area contributed by atoms with Gasteiger partial charge in [0, 0.05) is 41.8 Å². The number of anilines is 1. The van der Waals surface area contributed by atoms with E-state index in [4.69, 9.17) is 4.98 Å². The summed E-state index contributed by atoms with van der Waals surface area (Å²) in [6.45, 7) is 7.55. The molecule has 3 aromatic rings. The predicted octanol–water partition coefficient (Wildman–Crippen LogP) is 4.23. The van der Waals surface area contributed by atoms with Crippen molar-refractivity contribution in [3.63, 3.8) is 0 Å². The van der Waals surface area contributed by atoms with Crippen molar-refractivity contribution in [1.29, 1.82) is 0 Å². The lowest BCUT2D eigenvalue weighted by Crippen LogP contribution is -2.46. The van der Waals surface area contributed by atoms with Gasteiger partial charge in [0.2, 0.25) is 0 Å². The first-order chi connectivity index (χ1) is 11.7. The number of pyridine rings is 1. The van der Waals surface area contributed by atoms with Crippen LogP contribution >= 0.6 is 23.7 Å². The first kappa shape index (κ1) is 18.0. The maximum absolute atomic E-state index is 9.52. The van der Waals surface area contributed by atoms with E-state index >= 15 is 0 Å². The molecule has 0 unspecified atom stereocenters. The molecule has 0 aliphatic carbocycles. The molecule has 1 N–H and O–H groups in total. The minimum absolute atomic E-state index is 0. The van der Waals surface area contributed by atoms with Crippen molar-refractivity contribution in [2.45, 2.75) is 6.92 Å². The topological polar surface area (TPSA) is 39.6 Å². The Morgan fingerprint density at radius 2 is 1.80 bits per heavy atom. The Hall–Kier alpha value is -1.82. The normalized spacial score (nSPS) is 15.3. The largest absolute Gasteiger partial charge is 0.508 e. The Bertz CT molecular complexity index is 842. The molecule has 1 fully saturated rings. The van der Waals surface area contributed by atoms with E-state index in [-0.39, 0.29) is 18.2 Å². The second-order valence-electron chi connectivity index (χ2n) is 6.13. The average Bonchev–Trinajstić information content (AvgIpc) is 3.10. The van der Waals surface area contributed by atoms with Gasteiger partial charge in [-0.15, -0.1) is 23.7 Å². The maximum Gasteiger partial charge on any atom is 0.138 e. The van der Waals surface area contributed by atoms with Crippen LogP contribution in [-0.2, 0) is 0 Å². The number of benzene rings is 1. The molecule has 1 aromatic carbocycles. The molecule has 0 radical (unpaired) electrons. The van der Waals surface area contributed by atoms with E-state index in [1.54, 1.807) is 23.5 Å². The Morgan fingerprint density at radius 1 is 1.08 bits per heavy atom. The van der Waals surface area contributed by atoms with Gasteiger partial charge in [0.25, 0.3) is 0 Å². The standard InChI is InChI=1S/C19H21N3OS.ClH/c1-2-21-8-10-22(11-9-21)19-16-7-12-24-18(16)13-17(20-19)14-3-5-15(23)6-4-14;/h3-7,12-13,23H,2,8-11H2,1H3;1H. The molecule has 0 spiro atoms. The highest BCUT2D eigenvalue weighted by Crippen LogP contribution is 2.34. The number of thiophene rings is 1. The van der Waals surface area contributed by atoms with Crippen LogP contribution in [0.3, 0.4) is 0 Å². The van der Waals surface area contributed by atoms with Crippen LogP contribution in [0.15, 0.2) is 41.8 Å². The predicted molar refractivity (Wildman–Crippen MR) is 108 cm³/mol. The summed E-state index contributed by atoms with van der Waals surface area (Å²) in [5, 5.41) is 12.9. The van der Waals surface area contributed by atoms with Gasteiger partial charge < -0.3 is 14.9 Å². The van der Waals surface area contributed by atoms with Gasteiger partial charge in [0.1, 0.15) is 11.6 Å². The number of rotatable bonds is 3. The van der Waals surface area contributed by atoms with Crippen molar-refractivity contribution in [2.24, 2.45) is 0 Å². The van der Waals surface area contributed by atoms with Crippen molar-refractivity contribution in [1.82, 2.24) is 9.88 Å². The van der Waals surface area contributed by atoms with Gasteiger partial charge in [-0.05, 0) is 48.3 Å². The lowest BCUT2D eigenvalue weighted by Gasteiger charge is -2.35. The molecule has 2 aromatic heterocycles. The maximum atomic E-state index is 9.52. The number of nitrogens with zero attached hydrogens (tertiary/aromatic N) is 3. The smallest absolute Gasteiger partial charge is 0.138 e. The average molecular weight is 376 g/mol. The summed E-state index contributed by atoms with van der Waals surface area (Å²) in [7, 11) is 0. The molecule has 1 aliphatic heterocycles. The molecular weight excluding hydrogens is 354 g/mol. The van der Waals surface area contributed by atoms with Crippen molar-refractivity contribution in [3.05, 3.63) is 41.8 Å². The number of likely N-dealkylation sites (N-methyl/N-ethyl adjacent to an activating group) is 1. The molecule has 3 heterocycles. The molecule has 132 valence electrons. The summed E-state index contributed by atoms with van der Waals surface area (Å²) in [6.07, 6.45) is 0. The molecule has 1 saturated heterocycles. The number of phenols is 1. The number of hydrogen-bond acceptors (Lipinski definition) is 5. The van der Waals surface area contributed by atoms with E-state index in [9.17, 15) is 5.11 Å². The first-order valence-corrected chi connectivity index (χ1v) is 9.27. The van der Waals surface area contributed by atoms with E-state index in [1.807, 2.05) is 12.1 Å². The van der Waals surface area contributed by atoms with Crippen LogP contribution in [0.2, 0.25) is 0 Å². The zero-order chi connectivity index (χ0) is 16.5. The van der Waals surface area contributed by atoms with Crippen molar-refractivity contribution < 1.29 is 5.11 Å². The monoisotopic (exact) mass is 375 g/mol. The van der Waals surface area contributed by atoms with E-state index in [0.29, 0.717) is 0 Å². The second-order valence-corrected chi connectivity index (χ2v) is 7.08. The highest BCUT2D eigenvalue weighted by Gasteiger charge is 2.20. The quantitative estimate of drug-likeness (QED) is 0.743. The molecule has 1 aliphatic rings. The fraction of sp³-hybridized carbons (Fsp3) is 0.316. The second kappa shape index (κ2) is 7.60. The Kier molecular flexibility index (Phi) is 5.47. The molecule has 4 nitrogen and oxygen atoms in total. The molecule has 6 heteroatoms. The number of aromatic nitrogens is 1. The number of fused-ring (bicyclic) bond motifs is 1. The van der Waals surface area contributed by atoms with E-state index in [1.165, 1.54) is 10.1 Å². The third-order valence-corrected chi connectivity index (χ3v) is 5.58. The summed E-state index contributed by atoms with van der Waals surface area (Å²) >= 11 is 1.76. The van der Waals surface area contributed by atoms with Crippen LogP contribution in [0, 0.1) is 0 Å². The van der Waals surface area contributed by atoms with Crippen LogP contribution in [0.25, 0.3) is 21.3 Å². The van der Waals surface area contributed by atoms with Crippen LogP contribution in [0.5, 0.6) is 5.75 Å². The number of halogens is 1. The molecular formula is C19H22ClN3OS. The number of aromatic hydroxyl groups is 1. The van der Waals surface area contributed by atoms with Gasteiger partial charge in [-0.25, -0.2) is 4.98 Å². The van der Waals surface area contributed by atoms with Gasteiger partial charge >= 0.3 is 0 Å². The summed E-state index contributed by atoms with van der Waals surface area (Å²) < 4.78 is 1.26. The zero-order valence-electron chi connectivity index (χ0n) is 14.2. The molecule has 25 heavy (non-hydrogen) atoms. The van der Waals surface area contributed by atoms with Crippen LogP contribution < -0.4 is 4.90 Å². The van der Waals surface area contributed by atoms with Gasteiger partial charge in [-0.2, -0.15) is 0 Å². The number of piperazine rings is 1. The van der Waals surface area contributed by atoms with Crippen molar-refractivity contribution in [3.8, 4) is 17.0 Å². The van der Waals surface area contributed by atoms with Crippen LogP contribution in [0.4, 0.5) is 5.82 Å². The molecule has 0 saturated carbocycles. The number of phenolic OH excluding ortho intramolecular Hbond substituents is 1.